The molecular formula is C57H83N3O9S. The van der Waals surface area contributed by atoms with Gasteiger partial charge in [-0.2, -0.15) is 5.26 Å². The number of nitriles is 1. The number of esters is 1. The van der Waals surface area contributed by atoms with Gasteiger partial charge in [0.25, 0.3) is 0 Å². The predicted molar refractivity (Wildman–Crippen MR) is 270 cm³/mol. The minimum atomic E-state index is -3.10. The summed E-state index contributed by atoms with van der Waals surface area (Å²) in [5, 5.41) is 25.2. The van der Waals surface area contributed by atoms with E-state index in [4.69, 9.17) is 18.9 Å². The summed E-state index contributed by atoms with van der Waals surface area (Å²) in [4.78, 5) is 30.4. The summed E-state index contributed by atoms with van der Waals surface area (Å²) in [6, 6.07) is 5.43. The lowest BCUT2D eigenvalue weighted by Crippen LogP contribution is -2.68. The molecule has 0 aliphatic heterocycles. The summed E-state index contributed by atoms with van der Waals surface area (Å²) >= 11 is 0. The number of carbonyl (C=O) groups excluding carboxylic acids is 2. The molecular weight excluding hydrogens is 903 g/mol. The Hall–Kier alpha value is -3.73. The molecule has 386 valence electrons. The van der Waals surface area contributed by atoms with E-state index in [1.807, 2.05) is 0 Å². The molecule has 0 radical (unpaired) electrons. The van der Waals surface area contributed by atoms with Crippen LogP contribution >= 0.6 is 0 Å². The Morgan fingerprint density at radius 1 is 0.929 bits per heavy atom. The molecule has 7 aliphatic carbocycles. The van der Waals surface area contributed by atoms with Crippen molar-refractivity contribution in [1.29, 1.82) is 5.26 Å². The molecule has 0 saturated heterocycles. The van der Waals surface area contributed by atoms with Crippen LogP contribution < -0.4 is 10.1 Å². The van der Waals surface area contributed by atoms with E-state index in [1.54, 1.807) is 32.2 Å². The summed E-state index contributed by atoms with van der Waals surface area (Å²) in [6.45, 7) is 23.3. The fourth-order valence-corrected chi connectivity index (χ4v) is 17.9. The summed E-state index contributed by atoms with van der Waals surface area (Å²) < 4.78 is 46.4. The Balaban J connectivity index is 0.997. The third-order valence-corrected chi connectivity index (χ3v) is 22.3. The highest BCUT2D eigenvalue weighted by atomic mass is 32.2. The van der Waals surface area contributed by atoms with E-state index in [0.717, 1.165) is 38.6 Å². The smallest absolute Gasteiger partial charge is 0.475 e. The number of fused-ring (bicyclic) bond motifs is 7. The third-order valence-electron chi connectivity index (χ3n) is 20.6. The van der Waals surface area contributed by atoms with Gasteiger partial charge in [0.2, 0.25) is 12.7 Å². The Morgan fingerprint density at radius 3 is 2.33 bits per heavy atom. The third kappa shape index (κ3) is 9.31. The molecule has 10 atom stereocenters. The number of ether oxygens (including phenoxy) is 4. The van der Waals surface area contributed by atoms with E-state index in [2.05, 4.69) is 76.6 Å². The normalized spacial score (nSPS) is 38.8. The van der Waals surface area contributed by atoms with Crippen molar-refractivity contribution < 1.29 is 42.1 Å². The van der Waals surface area contributed by atoms with E-state index in [9.17, 15) is 28.4 Å². The van der Waals surface area contributed by atoms with Gasteiger partial charge in [-0.15, -0.1) is 0 Å². The lowest BCUT2D eigenvalue weighted by atomic mass is 9.33. The van der Waals surface area contributed by atoms with Crippen molar-refractivity contribution in [2.45, 2.75) is 187 Å². The van der Waals surface area contributed by atoms with E-state index in [0.29, 0.717) is 81.0 Å². The highest BCUT2D eigenvalue weighted by molar-refractivity contribution is 7.91. The van der Waals surface area contributed by atoms with Crippen LogP contribution in [0.25, 0.3) is 0 Å². The average molecular weight is 986 g/mol. The number of rotatable bonds is 14. The minimum Gasteiger partial charge on any atom is -0.475 e. The molecule has 0 aromatic carbocycles. The maximum absolute atomic E-state index is 14.0. The summed E-state index contributed by atoms with van der Waals surface area (Å²) in [7, 11) is -3.10. The molecule has 1 aromatic heterocycles. The molecule has 70 heavy (non-hydrogen) atoms. The van der Waals surface area contributed by atoms with Crippen LogP contribution in [-0.2, 0) is 28.8 Å². The second-order valence-corrected chi connectivity index (χ2v) is 27.2. The number of aliphatic hydroxyl groups is 1. The van der Waals surface area contributed by atoms with Crippen molar-refractivity contribution in [2.24, 2.45) is 56.7 Å². The van der Waals surface area contributed by atoms with E-state index in [1.165, 1.54) is 48.7 Å². The first-order valence-corrected chi connectivity index (χ1v) is 28.5. The van der Waals surface area contributed by atoms with Gasteiger partial charge in [0.05, 0.1) is 17.0 Å². The number of sulfone groups is 1. The van der Waals surface area contributed by atoms with Crippen molar-refractivity contribution in [1.82, 2.24) is 10.3 Å². The standard InChI is InChI=1S/C57H83N3O9S/c1-37(2)42-19-28-57(60-33-31-56(63)26-17-41(18-27-56)70(10,64)65)30-29-53(8)44(47(42)57)13-14-46-52(7)22-20-43(51(5,6)45(52)21-23-54(46,53)9)39-15-24-55(25-16-39,35-66-48-40(34-58)12-11-32-59-48)49(61)67-36-68-50(62)69-38(3)4/h11-12,15,20,32,38,41-42,44-47,60,63H,1,13-14,16-19,21-31,33,35-36H2,2-10H3/t41?,42-,44+,45-,46+,47+,52-,53+,54+,55+,56?,57-/m0/s1. The molecule has 12 nitrogen and oxygen atoms in total. The number of hydrogen-bond donors (Lipinski definition) is 2. The van der Waals surface area contributed by atoms with Gasteiger partial charge < -0.3 is 29.4 Å². The molecule has 5 saturated carbocycles. The summed E-state index contributed by atoms with van der Waals surface area (Å²) in [5.41, 5.74) is 2.70. The number of nitrogens with zero attached hydrogens (tertiary/aromatic N) is 2. The van der Waals surface area contributed by atoms with Gasteiger partial charge in [0.1, 0.15) is 33.5 Å². The molecule has 7 aliphatic rings. The molecule has 2 N–H and O–H groups in total. The van der Waals surface area contributed by atoms with Crippen LogP contribution in [0, 0.1) is 68.0 Å². The quantitative estimate of drug-likeness (QED) is 0.103. The van der Waals surface area contributed by atoms with Crippen LogP contribution in [0.4, 0.5) is 4.79 Å². The lowest BCUT2D eigenvalue weighted by molar-refractivity contribution is -0.221. The van der Waals surface area contributed by atoms with Gasteiger partial charge in [-0.25, -0.2) is 18.2 Å². The van der Waals surface area contributed by atoms with Crippen LogP contribution in [0.3, 0.4) is 0 Å². The first-order chi connectivity index (χ1) is 32.9. The van der Waals surface area contributed by atoms with Crippen LogP contribution in [0.1, 0.15) is 170 Å². The van der Waals surface area contributed by atoms with Gasteiger partial charge in [-0.1, -0.05) is 58.9 Å². The van der Waals surface area contributed by atoms with Crippen LogP contribution in [0.5, 0.6) is 5.88 Å². The second kappa shape index (κ2) is 19.3. The summed E-state index contributed by atoms with van der Waals surface area (Å²) in [5.74, 6) is 2.21. The molecule has 0 bridgehead atoms. The first kappa shape index (κ1) is 52.6. The molecule has 8 rings (SSSR count). The maximum Gasteiger partial charge on any atom is 0.511 e. The van der Waals surface area contributed by atoms with Crippen molar-refractivity contribution >= 4 is 22.0 Å². The second-order valence-electron chi connectivity index (χ2n) is 24.9. The highest BCUT2D eigenvalue weighted by Gasteiger charge is 2.70. The maximum atomic E-state index is 14.0. The van der Waals surface area contributed by atoms with Crippen molar-refractivity contribution in [3.05, 3.63) is 59.3 Å². The van der Waals surface area contributed by atoms with Gasteiger partial charge in [0.15, 0.2) is 0 Å². The Kier molecular flexibility index (Phi) is 14.5. The zero-order valence-electron chi connectivity index (χ0n) is 43.8. The largest absolute Gasteiger partial charge is 0.511 e. The number of hydrogen-bond acceptors (Lipinski definition) is 12. The molecule has 1 heterocycles. The highest BCUT2D eigenvalue weighted by Crippen LogP contribution is 2.76. The van der Waals surface area contributed by atoms with Gasteiger partial charge in [0, 0.05) is 18.0 Å². The van der Waals surface area contributed by atoms with Crippen molar-refractivity contribution in [3.63, 3.8) is 0 Å². The molecule has 0 spiro atoms. The zero-order valence-corrected chi connectivity index (χ0v) is 44.6. The molecule has 0 amide bonds. The van der Waals surface area contributed by atoms with Crippen LogP contribution in [0.2, 0.25) is 0 Å². The fraction of sp³-hybridized carbons (Fsp3) is 0.754. The van der Waals surface area contributed by atoms with E-state index in [-0.39, 0.29) is 56.6 Å². The number of aromatic nitrogens is 1. The summed E-state index contributed by atoms with van der Waals surface area (Å²) in [6.07, 6.45) is 21.1. The lowest BCUT2D eigenvalue weighted by Gasteiger charge is -2.72. The van der Waals surface area contributed by atoms with Gasteiger partial charge in [-0.3, -0.25) is 4.79 Å². The number of allylic oxidation sites excluding steroid dienone is 5. The molecule has 13 heteroatoms. The minimum absolute atomic E-state index is 0.0182. The first-order valence-electron chi connectivity index (χ1n) is 26.6. The zero-order chi connectivity index (χ0) is 50.7. The predicted octanol–water partition coefficient (Wildman–Crippen LogP) is 11.1. The number of nitrogens with one attached hydrogen (secondary N) is 1. The SMILES string of the molecule is C=C(C)[C@@H]1CC[C@]2(NCCC3(O)CCC(S(C)(=O)=O)CC3)CC[C@]3(C)[C@H](CC[C@@H]4[C@@]5(C)CC=C(C6=CC[C@@](COc7ncccc7C#N)(C(=O)OCOC(=O)OC(C)C)CC6)C(C)(C)[C@@H]5CC[C@]43C)[C@@H]12. The molecule has 0 unspecified atom stereocenters. The monoisotopic (exact) mass is 986 g/mol. The Morgan fingerprint density at radius 2 is 1.67 bits per heavy atom. The Labute approximate surface area is 419 Å². The van der Waals surface area contributed by atoms with Gasteiger partial charge >= 0.3 is 12.1 Å². The van der Waals surface area contributed by atoms with E-state index < -0.39 is 39.8 Å². The topological polar surface area (TPSA) is 174 Å². The van der Waals surface area contributed by atoms with Crippen LogP contribution in [0.15, 0.2) is 53.8 Å². The van der Waals surface area contributed by atoms with Crippen LogP contribution in [-0.4, -0.2) is 79.3 Å². The Bertz CT molecular complexity index is 2400. The fourth-order valence-electron chi connectivity index (χ4n) is 16.8. The van der Waals surface area contributed by atoms with Gasteiger partial charge in [-0.05, 0) is 211 Å². The molecule has 1 aromatic rings. The van der Waals surface area contributed by atoms with Crippen molar-refractivity contribution in [3.8, 4) is 11.9 Å². The number of pyridine rings is 1. The number of carbonyl (C=O) groups is 2. The average Bonchev–Trinajstić information content (AvgIpc) is 3.68. The molecule has 5 fully saturated rings. The van der Waals surface area contributed by atoms with Crippen molar-refractivity contribution in [2.75, 3.05) is 26.2 Å². The van der Waals surface area contributed by atoms with E-state index >= 15 is 0 Å².